The van der Waals surface area contributed by atoms with Gasteiger partial charge in [-0.05, 0) is 69.6 Å². The molecule has 4 aliphatic rings. The summed E-state index contributed by atoms with van der Waals surface area (Å²) in [5.74, 6) is 1.79. The van der Waals surface area contributed by atoms with Gasteiger partial charge in [-0.25, -0.2) is 4.79 Å². The van der Waals surface area contributed by atoms with Crippen LogP contribution >= 0.6 is 0 Å². The van der Waals surface area contributed by atoms with Crippen LogP contribution in [0.5, 0.6) is 0 Å². The molecule has 0 aromatic carbocycles. The van der Waals surface area contributed by atoms with E-state index in [0.717, 1.165) is 44.4 Å². The number of hydrogen-bond acceptors (Lipinski definition) is 2. The van der Waals surface area contributed by atoms with Crippen LogP contribution in [0.4, 0.5) is 4.79 Å². The molecular weight excluding hydrogens is 338 g/mol. The van der Waals surface area contributed by atoms with Crippen LogP contribution in [0.15, 0.2) is 11.6 Å². The molecule has 0 aromatic rings. The van der Waals surface area contributed by atoms with Gasteiger partial charge in [-0.15, -0.1) is 12.8 Å². The maximum absolute atomic E-state index is 10.1. The summed E-state index contributed by atoms with van der Waals surface area (Å²) in [7, 11) is 0. The quantitative estimate of drug-likeness (QED) is 0.412. The number of allylic oxidation sites excluding steroid dienone is 2. The lowest BCUT2D eigenvalue weighted by Gasteiger charge is -2.34. The number of ether oxygens (including phenoxy) is 1. The van der Waals surface area contributed by atoms with Crippen molar-refractivity contribution in [1.82, 2.24) is 4.90 Å². The third-order valence-corrected chi connectivity index (χ3v) is 6.93. The van der Waals surface area contributed by atoms with E-state index in [1.165, 1.54) is 49.0 Å². The molecule has 0 bridgehead atoms. The van der Waals surface area contributed by atoms with Gasteiger partial charge in [0, 0.05) is 13.1 Å². The second kappa shape index (κ2) is 9.15. The normalized spacial score (nSPS) is 36.0. The fraction of sp³-hybridized carbons (Fsp3) is 0.783. The Bertz CT molecular complexity index is 553. The molecule has 4 rings (SSSR count). The molecule has 1 N–H and O–H groups in total. The molecule has 0 aromatic heterocycles. The molecule has 1 spiro atoms. The Morgan fingerprint density at radius 3 is 2.33 bits per heavy atom. The molecule has 2 aliphatic carbocycles. The number of amides is 1. The van der Waals surface area contributed by atoms with Crippen molar-refractivity contribution in [3.05, 3.63) is 11.6 Å². The number of nitrogens with zero attached hydrogens (tertiary/aromatic N) is 1. The minimum atomic E-state index is -0.775. The first-order valence-electron chi connectivity index (χ1n) is 10.5. The van der Waals surface area contributed by atoms with E-state index >= 15 is 0 Å². The zero-order chi connectivity index (χ0) is 20.1. The Hall–Kier alpha value is -1.47. The molecule has 4 nitrogen and oxygen atoms in total. The number of hydrogen-bond donors (Lipinski definition) is 1. The molecular formula is C23H37NO3. The van der Waals surface area contributed by atoms with Crippen LogP contribution in [0.1, 0.15) is 72.1 Å². The van der Waals surface area contributed by atoms with Crippen LogP contribution in [0, 0.1) is 30.1 Å². The summed E-state index contributed by atoms with van der Waals surface area (Å²) in [6.07, 6.45) is 20.0. The first-order valence-corrected chi connectivity index (χ1v) is 10.5. The van der Waals surface area contributed by atoms with Gasteiger partial charge in [0.15, 0.2) is 0 Å². The largest absolute Gasteiger partial charge is 0.465 e. The van der Waals surface area contributed by atoms with E-state index in [-0.39, 0.29) is 0 Å². The van der Waals surface area contributed by atoms with Crippen molar-refractivity contribution < 1.29 is 14.6 Å². The van der Waals surface area contributed by atoms with Crippen molar-refractivity contribution in [1.29, 1.82) is 0 Å². The fourth-order valence-electron chi connectivity index (χ4n) is 5.12. The lowest BCUT2D eigenvalue weighted by atomic mass is 9.70. The van der Waals surface area contributed by atoms with Crippen LogP contribution in [0.25, 0.3) is 0 Å². The van der Waals surface area contributed by atoms with E-state index in [0.29, 0.717) is 11.0 Å². The molecule has 152 valence electrons. The van der Waals surface area contributed by atoms with E-state index in [4.69, 9.17) is 9.84 Å². The van der Waals surface area contributed by atoms with Gasteiger partial charge in [-0.3, -0.25) is 0 Å². The monoisotopic (exact) mass is 375 g/mol. The lowest BCUT2D eigenvalue weighted by molar-refractivity contribution is 0.0959. The highest BCUT2D eigenvalue weighted by atomic mass is 16.6. The van der Waals surface area contributed by atoms with Gasteiger partial charge >= 0.3 is 6.09 Å². The average molecular weight is 376 g/mol. The first kappa shape index (κ1) is 21.8. The van der Waals surface area contributed by atoms with E-state index in [1.807, 2.05) is 0 Å². The fourth-order valence-corrected chi connectivity index (χ4v) is 5.12. The van der Waals surface area contributed by atoms with Gasteiger partial charge < -0.3 is 14.7 Å². The first-order chi connectivity index (χ1) is 12.9. The molecule has 4 heteroatoms. The zero-order valence-corrected chi connectivity index (χ0v) is 17.4. The summed E-state index contributed by atoms with van der Waals surface area (Å²) < 4.78 is 5.87. The third-order valence-electron chi connectivity index (χ3n) is 6.93. The van der Waals surface area contributed by atoms with Crippen molar-refractivity contribution in [2.24, 2.45) is 17.3 Å². The minimum absolute atomic E-state index is 0.340. The average Bonchev–Trinajstić information content (AvgIpc) is 3.47. The second-order valence-electron chi connectivity index (χ2n) is 9.05. The Morgan fingerprint density at radius 1 is 1.22 bits per heavy atom. The predicted octanol–water partition coefficient (Wildman–Crippen LogP) is 5.34. The molecule has 1 amide bonds. The maximum Gasteiger partial charge on any atom is 0.407 e. The van der Waals surface area contributed by atoms with Gasteiger partial charge in [-0.1, -0.05) is 31.4 Å². The molecule has 2 saturated heterocycles. The molecule has 4 fully saturated rings. The topological polar surface area (TPSA) is 53.1 Å². The number of carbonyl (C=O) groups is 1. The van der Waals surface area contributed by atoms with Gasteiger partial charge in [0.05, 0.1) is 12.2 Å². The van der Waals surface area contributed by atoms with Crippen molar-refractivity contribution >= 4 is 6.09 Å². The van der Waals surface area contributed by atoms with E-state index < -0.39 is 6.09 Å². The van der Waals surface area contributed by atoms with Crippen molar-refractivity contribution in [3.8, 4) is 12.8 Å². The summed E-state index contributed by atoms with van der Waals surface area (Å²) in [6.45, 7) is 9.47. The van der Waals surface area contributed by atoms with E-state index in [2.05, 4.69) is 39.7 Å². The molecule has 27 heavy (non-hydrogen) atoms. The van der Waals surface area contributed by atoms with E-state index in [1.54, 1.807) is 0 Å². The van der Waals surface area contributed by atoms with Gasteiger partial charge in [0.1, 0.15) is 0 Å². The maximum atomic E-state index is 10.1. The third kappa shape index (κ3) is 5.29. The standard InChI is InChI=1S/C16H26O.C5H9NO2.C2H2/c1-12(2)7-8-13-10-15(13,3)14-6-4-5-9-16(14)11-17-16;7-5(8)6-3-1-2-4-6;1-2/h7,13-14H,4-6,8-11H2,1-3H3;1-4H2,(H,7,8);1-2H/t13-,14?,15-,16?;;/m0../s1. The highest BCUT2D eigenvalue weighted by Gasteiger charge is 2.65. The molecule has 2 heterocycles. The number of rotatable bonds is 3. The molecule has 2 saturated carbocycles. The lowest BCUT2D eigenvalue weighted by Crippen LogP contribution is -2.35. The summed E-state index contributed by atoms with van der Waals surface area (Å²) in [5.41, 5.74) is 2.41. The molecule has 2 unspecified atom stereocenters. The van der Waals surface area contributed by atoms with Crippen molar-refractivity contribution in [2.75, 3.05) is 19.7 Å². The Balaban J connectivity index is 0.000000220. The smallest absolute Gasteiger partial charge is 0.407 e. The Labute approximate surface area is 165 Å². The summed E-state index contributed by atoms with van der Waals surface area (Å²) in [4.78, 5) is 11.6. The van der Waals surface area contributed by atoms with Crippen molar-refractivity contribution in [3.63, 3.8) is 0 Å². The summed E-state index contributed by atoms with van der Waals surface area (Å²) in [5, 5.41) is 8.34. The van der Waals surface area contributed by atoms with Crippen LogP contribution in [0.2, 0.25) is 0 Å². The van der Waals surface area contributed by atoms with Gasteiger partial charge in [-0.2, -0.15) is 0 Å². The molecule has 0 radical (unpaired) electrons. The second-order valence-corrected chi connectivity index (χ2v) is 9.05. The number of epoxide rings is 1. The highest BCUT2D eigenvalue weighted by molar-refractivity contribution is 5.65. The predicted molar refractivity (Wildman–Crippen MR) is 110 cm³/mol. The van der Waals surface area contributed by atoms with E-state index in [9.17, 15) is 4.79 Å². The van der Waals surface area contributed by atoms with Crippen LogP contribution in [0.3, 0.4) is 0 Å². The Kier molecular flexibility index (Phi) is 7.40. The van der Waals surface area contributed by atoms with Crippen LogP contribution in [-0.4, -0.2) is 41.4 Å². The highest BCUT2D eigenvalue weighted by Crippen LogP contribution is 2.67. The summed E-state index contributed by atoms with van der Waals surface area (Å²) >= 11 is 0. The van der Waals surface area contributed by atoms with Gasteiger partial charge in [0.2, 0.25) is 0 Å². The van der Waals surface area contributed by atoms with Crippen molar-refractivity contribution in [2.45, 2.75) is 77.7 Å². The SMILES string of the molecule is C#C.CC(C)=CC[C@H]1C[C@]1(C)C1CCCCC12CO2.O=C(O)N1CCCC1. The molecule has 2 aliphatic heterocycles. The molecule has 4 atom stereocenters. The summed E-state index contributed by atoms with van der Waals surface area (Å²) in [6, 6.07) is 0. The minimum Gasteiger partial charge on any atom is -0.465 e. The number of carboxylic acid groups (broad SMARTS) is 1. The zero-order valence-electron chi connectivity index (χ0n) is 17.4. The Morgan fingerprint density at radius 2 is 1.85 bits per heavy atom. The number of terminal acetylenes is 1. The number of likely N-dealkylation sites (tertiary alicyclic amines) is 1. The van der Waals surface area contributed by atoms with Crippen LogP contribution < -0.4 is 0 Å². The van der Waals surface area contributed by atoms with Crippen LogP contribution in [-0.2, 0) is 4.74 Å². The van der Waals surface area contributed by atoms with Gasteiger partial charge in [0.25, 0.3) is 0 Å².